The molecule has 58 valence electrons. The Labute approximate surface area is 56.9 Å². The van der Waals surface area contributed by atoms with Gasteiger partial charge in [-0.3, -0.25) is 0 Å². The fourth-order valence-corrected chi connectivity index (χ4v) is 0.453. The molecule has 0 saturated carbocycles. The molecule has 0 spiro atoms. The molecule has 9 heavy (non-hydrogen) atoms. The Morgan fingerprint density at radius 3 is 1.67 bits per heavy atom. The van der Waals surface area contributed by atoms with Crippen LogP contribution in [0.5, 0.6) is 0 Å². The molecule has 3 heteroatoms. The summed E-state index contributed by atoms with van der Waals surface area (Å²) in [5.74, 6) is 0. The molecule has 0 aromatic heterocycles. The van der Waals surface area contributed by atoms with Crippen molar-refractivity contribution in [2.24, 2.45) is 0 Å². The van der Waals surface area contributed by atoms with Gasteiger partial charge in [0.1, 0.15) is 0 Å². The predicted molar refractivity (Wildman–Crippen MR) is 38.4 cm³/mol. The lowest BCUT2D eigenvalue weighted by atomic mass is 10.5. The van der Waals surface area contributed by atoms with Crippen LogP contribution in [0.15, 0.2) is 0 Å². The average Bonchev–Trinajstić information content (AvgIpc) is 1.68. The highest BCUT2D eigenvalue weighted by molar-refractivity contribution is 4.45. The van der Waals surface area contributed by atoms with Gasteiger partial charge in [-0.15, -0.1) is 0 Å². The highest BCUT2D eigenvalue weighted by Gasteiger charge is 1.91. The van der Waals surface area contributed by atoms with E-state index in [4.69, 9.17) is 10.2 Å². The molecule has 0 aliphatic heterocycles. The molecule has 0 bridgehead atoms. The largest absolute Gasteiger partial charge is 0.395 e. The second-order valence-corrected chi connectivity index (χ2v) is 1.75. The van der Waals surface area contributed by atoms with Gasteiger partial charge in [0.05, 0.1) is 13.2 Å². The lowest BCUT2D eigenvalue weighted by Crippen LogP contribution is -2.25. The van der Waals surface area contributed by atoms with Crippen LogP contribution in [-0.4, -0.2) is 48.5 Å². The topological polar surface area (TPSA) is 43.7 Å². The van der Waals surface area contributed by atoms with Gasteiger partial charge >= 0.3 is 0 Å². The number of likely N-dealkylation sites (N-methyl/N-ethyl adjacent to an activating group) is 1. The van der Waals surface area contributed by atoms with Gasteiger partial charge in [0.2, 0.25) is 0 Å². The van der Waals surface area contributed by atoms with E-state index in [-0.39, 0.29) is 20.6 Å². The summed E-state index contributed by atoms with van der Waals surface area (Å²) in [5.41, 5.74) is 0. The Morgan fingerprint density at radius 1 is 1.11 bits per heavy atom. The first-order chi connectivity index (χ1) is 3.81. The first-order valence-corrected chi connectivity index (χ1v) is 2.71. The maximum Gasteiger partial charge on any atom is 0.0558 e. The van der Waals surface area contributed by atoms with Crippen LogP contribution in [0, 0.1) is 0 Å². The molecule has 0 rings (SSSR count). The summed E-state index contributed by atoms with van der Waals surface area (Å²) in [5, 5.41) is 16.7. The van der Waals surface area contributed by atoms with Crippen molar-refractivity contribution in [1.82, 2.24) is 4.90 Å². The van der Waals surface area contributed by atoms with Gasteiger partial charge in [0, 0.05) is 13.1 Å². The van der Waals surface area contributed by atoms with Gasteiger partial charge in [0.25, 0.3) is 0 Å². The van der Waals surface area contributed by atoms with E-state index in [0.29, 0.717) is 13.1 Å². The van der Waals surface area contributed by atoms with Crippen LogP contribution in [0.2, 0.25) is 0 Å². The Morgan fingerprint density at radius 2 is 1.44 bits per heavy atom. The molecule has 0 fully saturated rings. The zero-order valence-electron chi connectivity index (χ0n) is 5.17. The Hall–Kier alpha value is -0.120. The Bertz CT molecular complexity index is 44.3. The van der Waals surface area contributed by atoms with E-state index >= 15 is 0 Å². The number of hydrogen-bond acceptors (Lipinski definition) is 3. The number of nitrogens with zero attached hydrogens (tertiary/aromatic N) is 1. The van der Waals surface area contributed by atoms with E-state index in [0.717, 1.165) is 0 Å². The highest BCUT2D eigenvalue weighted by Crippen LogP contribution is 1.76. The van der Waals surface area contributed by atoms with Crippen molar-refractivity contribution in [3.05, 3.63) is 0 Å². The quantitative estimate of drug-likeness (QED) is 0.548. The summed E-state index contributed by atoms with van der Waals surface area (Å²) in [6.07, 6.45) is 0. The van der Waals surface area contributed by atoms with Gasteiger partial charge in [-0.25, -0.2) is 0 Å². The minimum atomic E-state index is 0. The van der Waals surface area contributed by atoms with Crippen LogP contribution >= 0.6 is 0 Å². The third-order valence-corrected chi connectivity index (χ3v) is 0.963. The maximum atomic E-state index is 8.34. The van der Waals surface area contributed by atoms with Crippen molar-refractivity contribution < 1.29 is 10.2 Å². The van der Waals surface area contributed by atoms with E-state index in [9.17, 15) is 0 Å². The van der Waals surface area contributed by atoms with Crippen molar-refractivity contribution in [3.8, 4) is 0 Å². The zero-order chi connectivity index (χ0) is 6.41. The normalized spacial score (nSPS) is 9.33. The van der Waals surface area contributed by atoms with Crippen molar-refractivity contribution in [2.45, 2.75) is 7.43 Å². The van der Waals surface area contributed by atoms with Crippen molar-refractivity contribution >= 4 is 0 Å². The van der Waals surface area contributed by atoms with Gasteiger partial charge in [-0.2, -0.15) is 0 Å². The fraction of sp³-hybridized carbons (Fsp3) is 1.00. The molecule has 0 atom stereocenters. The van der Waals surface area contributed by atoms with Crippen LogP contribution in [0.1, 0.15) is 7.43 Å². The SMILES string of the molecule is C.CN(CCO)CCO. The fourth-order valence-electron chi connectivity index (χ4n) is 0.453. The summed E-state index contributed by atoms with van der Waals surface area (Å²) in [6.45, 7) is 1.61. The highest BCUT2D eigenvalue weighted by atomic mass is 16.3. The van der Waals surface area contributed by atoms with E-state index in [2.05, 4.69) is 0 Å². The van der Waals surface area contributed by atoms with E-state index in [1.165, 1.54) is 0 Å². The van der Waals surface area contributed by atoms with Gasteiger partial charge in [0.15, 0.2) is 0 Å². The molecular formula is C6H17NO2. The van der Waals surface area contributed by atoms with Crippen LogP contribution in [0.4, 0.5) is 0 Å². The summed E-state index contributed by atoms with van der Waals surface area (Å²) in [6, 6.07) is 0. The Kier molecular flexibility index (Phi) is 10.2. The van der Waals surface area contributed by atoms with E-state index in [1.54, 1.807) is 0 Å². The smallest absolute Gasteiger partial charge is 0.0558 e. The second-order valence-electron chi connectivity index (χ2n) is 1.75. The third kappa shape index (κ3) is 7.88. The van der Waals surface area contributed by atoms with Crippen LogP contribution < -0.4 is 0 Å². The molecule has 0 unspecified atom stereocenters. The lowest BCUT2D eigenvalue weighted by Gasteiger charge is -2.11. The first kappa shape index (κ1) is 11.6. The van der Waals surface area contributed by atoms with Crippen molar-refractivity contribution in [3.63, 3.8) is 0 Å². The molecule has 0 saturated heterocycles. The van der Waals surface area contributed by atoms with Crippen LogP contribution in [0.3, 0.4) is 0 Å². The molecule has 0 aromatic carbocycles. The minimum absolute atomic E-state index is 0. The molecule has 0 aromatic rings. The third-order valence-electron chi connectivity index (χ3n) is 0.963. The maximum absolute atomic E-state index is 8.34. The lowest BCUT2D eigenvalue weighted by molar-refractivity contribution is 0.184. The Balaban J connectivity index is 0. The van der Waals surface area contributed by atoms with Crippen LogP contribution in [0.25, 0.3) is 0 Å². The molecular weight excluding hydrogens is 118 g/mol. The number of hydrogen-bond donors (Lipinski definition) is 2. The standard InChI is InChI=1S/C5H13NO2.CH4/c1-6(2-4-7)3-5-8;/h7-8H,2-5H2,1H3;1H4. The molecule has 0 amide bonds. The van der Waals surface area contributed by atoms with Gasteiger partial charge in [-0.05, 0) is 7.05 Å². The van der Waals surface area contributed by atoms with Gasteiger partial charge < -0.3 is 15.1 Å². The molecule has 0 aliphatic carbocycles. The van der Waals surface area contributed by atoms with E-state index in [1.807, 2.05) is 11.9 Å². The number of aliphatic hydroxyl groups excluding tert-OH is 2. The summed E-state index contributed by atoms with van der Waals surface area (Å²) < 4.78 is 0. The summed E-state index contributed by atoms with van der Waals surface area (Å²) in [7, 11) is 1.85. The molecule has 0 radical (unpaired) electrons. The zero-order valence-corrected chi connectivity index (χ0v) is 5.17. The van der Waals surface area contributed by atoms with Crippen molar-refractivity contribution in [2.75, 3.05) is 33.4 Å². The summed E-state index contributed by atoms with van der Waals surface area (Å²) in [4.78, 5) is 1.86. The molecule has 0 aliphatic rings. The first-order valence-electron chi connectivity index (χ1n) is 2.71. The van der Waals surface area contributed by atoms with Gasteiger partial charge in [-0.1, -0.05) is 7.43 Å². The second kappa shape index (κ2) is 7.88. The monoisotopic (exact) mass is 135 g/mol. The van der Waals surface area contributed by atoms with E-state index < -0.39 is 0 Å². The molecule has 0 heterocycles. The number of aliphatic hydroxyl groups is 2. The average molecular weight is 135 g/mol. The summed E-state index contributed by atoms with van der Waals surface area (Å²) >= 11 is 0. The van der Waals surface area contributed by atoms with Crippen LogP contribution in [-0.2, 0) is 0 Å². The number of rotatable bonds is 4. The minimum Gasteiger partial charge on any atom is -0.395 e. The predicted octanol–water partition coefficient (Wildman–Crippen LogP) is -0.461. The van der Waals surface area contributed by atoms with Crippen molar-refractivity contribution in [1.29, 1.82) is 0 Å². The molecule has 2 N–H and O–H groups in total. The molecule has 3 nitrogen and oxygen atoms in total.